The molecule has 0 radical (unpaired) electrons. The first-order valence-corrected chi connectivity index (χ1v) is 3.79. The average molecular weight is 128 g/mol. The quantitative estimate of drug-likeness (QED) is 0.534. The Labute approximate surface area is 56.8 Å². The van der Waals surface area contributed by atoms with Gasteiger partial charge in [-0.15, -0.1) is 0 Å². The molecule has 0 spiro atoms. The van der Waals surface area contributed by atoms with E-state index in [2.05, 4.69) is 12.2 Å². The summed E-state index contributed by atoms with van der Waals surface area (Å²) in [5, 5.41) is 3.31. The molecule has 0 aromatic heterocycles. The van der Waals surface area contributed by atoms with Gasteiger partial charge >= 0.3 is 0 Å². The molecule has 2 nitrogen and oxygen atoms in total. The highest BCUT2D eigenvalue weighted by Gasteiger charge is 2.16. The van der Waals surface area contributed by atoms with Gasteiger partial charge in [-0.25, -0.2) is 0 Å². The largest absolute Gasteiger partial charge is 0.327 e. The van der Waals surface area contributed by atoms with E-state index < -0.39 is 0 Å². The average Bonchev–Trinajstić information content (AvgIpc) is 1.88. The number of rotatable bonds is 1. The molecule has 1 fully saturated rings. The molecule has 9 heavy (non-hydrogen) atoms. The van der Waals surface area contributed by atoms with Gasteiger partial charge in [0.15, 0.2) is 0 Å². The fraction of sp³-hybridized carbons (Fsp3) is 1.00. The van der Waals surface area contributed by atoms with Crippen LogP contribution in [0, 0.1) is 5.92 Å². The van der Waals surface area contributed by atoms with Crippen LogP contribution in [-0.4, -0.2) is 19.1 Å². The van der Waals surface area contributed by atoms with E-state index in [0.717, 1.165) is 12.5 Å². The third-order valence-corrected chi connectivity index (χ3v) is 2.05. The fourth-order valence-corrected chi connectivity index (χ4v) is 1.38. The van der Waals surface area contributed by atoms with Crippen LogP contribution < -0.4 is 11.1 Å². The second-order valence-electron chi connectivity index (χ2n) is 2.93. The number of hydrogen-bond acceptors (Lipinski definition) is 2. The van der Waals surface area contributed by atoms with Crippen LogP contribution in [0.4, 0.5) is 0 Å². The molecular formula is C7H16N2. The lowest BCUT2D eigenvalue weighted by molar-refractivity contribution is 0.334. The summed E-state index contributed by atoms with van der Waals surface area (Å²) in [6, 6.07) is 0.406. The van der Waals surface area contributed by atoms with E-state index in [9.17, 15) is 0 Å². The minimum absolute atomic E-state index is 0.406. The van der Waals surface area contributed by atoms with E-state index in [1.807, 2.05) is 0 Å². The Balaban J connectivity index is 2.23. The third kappa shape index (κ3) is 1.95. The third-order valence-electron chi connectivity index (χ3n) is 2.05. The summed E-state index contributed by atoms with van der Waals surface area (Å²) in [7, 11) is 0. The maximum atomic E-state index is 5.74. The predicted molar refractivity (Wildman–Crippen MR) is 39.2 cm³/mol. The fourth-order valence-electron chi connectivity index (χ4n) is 1.38. The Morgan fingerprint density at radius 3 is 2.78 bits per heavy atom. The second kappa shape index (κ2) is 3.18. The lowest BCUT2D eigenvalue weighted by Gasteiger charge is -2.26. The minimum atomic E-state index is 0.406. The number of hydrogen-bond donors (Lipinski definition) is 2. The van der Waals surface area contributed by atoms with Crippen LogP contribution in [0.15, 0.2) is 0 Å². The molecule has 0 bridgehead atoms. The van der Waals surface area contributed by atoms with Gasteiger partial charge in [-0.2, -0.15) is 0 Å². The monoisotopic (exact) mass is 128 g/mol. The van der Waals surface area contributed by atoms with Crippen LogP contribution in [0.25, 0.3) is 0 Å². The molecule has 3 N–H and O–H groups in total. The van der Waals surface area contributed by atoms with Crippen LogP contribution in [0.5, 0.6) is 0 Å². The first kappa shape index (κ1) is 7.03. The van der Waals surface area contributed by atoms with E-state index in [-0.39, 0.29) is 0 Å². The Morgan fingerprint density at radius 1 is 1.56 bits per heavy atom. The first-order chi connectivity index (χ1) is 4.33. The Bertz CT molecular complexity index is 83.0. The molecule has 0 aliphatic carbocycles. The highest BCUT2D eigenvalue weighted by atomic mass is 14.9. The molecule has 2 unspecified atom stereocenters. The number of nitrogens with two attached hydrogens (primary N) is 1. The van der Waals surface area contributed by atoms with E-state index in [1.54, 1.807) is 0 Å². The molecule has 0 saturated carbocycles. The maximum absolute atomic E-state index is 5.74. The Morgan fingerprint density at radius 2 is 2.33 bits per heavy atom. The molecule has 2 heteroatoms. The lowest BCUT2D eigenvalue weighted by atomic mass is 9.94. The molecule has 1 heterocycles. The number of nitrogens with one attached hydrogen (secondary N) is 1. The van der Waals surface area contributed by atoms with Crippen molar-refractivity contribution in [1.82, 2.24) is 5.32 Å². The zero-order chi connectivity index (χ0) is 6.69. The van der Waals surface area contributed by atoms with Crippen molar-refractivity contribution in [3.05, 3.63) is 0 Å². The van der Waals surface area contributed by atoms with Gasteiger partial charge in [0.2, 0.25) is 0 Å². The lowest BCUT2D eigenvalue weighted by Crippen LogP contribution is -2.43. The van der Waals surface area contributed by atoms with Gasteiger partial charge < -0.3 is 11.1 Å². The van der Waals surface area contributed by atoms with Crippen molar-refractivity contribution in [3.63, 3.8) is 0 Å². The van der Waals surface area contributed by atoms with Crippen LogP contribution in [-0.2, 0) is 0 Å². The Kier molecular flexibility index (Phi) is 2.49. The molecular weight excluding hydrogens is 112 g/mol. The molecule has 1 aliphatic rings. The summed E-state index contributed by atoms with van der Waals surface area (Å²) in [6.45, 7) is 4.41. The summed E-state index contributed by atoms with van der Waals surface area (Å²) >= 11 is 0. The van der Waals surface area contributed by atoms with Crippen molar-refractivity contribution in [2.24, 2.45) is 11.7 Å². The van der Waals surface area contributed by atoms with E-state index in [1.165, 1.54) is 19.4 Å². The van der Waals surface area contributed by atoms with Gasteiger partial charge in [0.25, 0.3) is 0 Å². The molecule has 1 saturated heterocycles. The first-order valence-electron chi connectivity index (χ1n) is 3.79. The van der Waals surface area contributed by atoms with Crippen molar-refractivity contribution in [3.8, 4) is 0 Å². The van der Waals surface area contributed by atoms with Crippen LogP contribution in [0.1, 0.15) is 19.8 Å². The molecule has 2 atom stereocenters. The standard InChI is InChI=1S/C7H16N2/c1-2-6-3-7(8)5-9-4-6/h6-7,9H,2-5,8H2,1H3. The molecule has 54 valence electrons. The zero-order valence-corrected chi connectivity index (χ0v) is 6.06. The topological polar surface area (TPSA) is 38.0 Å². The van der Waals surface area contributed by atoms with Gasteiger partial charge in [0.05, 0.1) is 0 Å². The van der Waals surface area contributed by atoms with Gasteiger partial charge in [-0.3, -0.25) is 0 Å². The summed E-state index contributed by atoms with van der Waals surface area (Å²) in [6.07, 6.45) is 2.48. The summed E-state index contributed by atoms with van der Waals surface area (Å²) < 4.78 is 0. The zero-order valence-electron chi connectivity index (χ0n) is 6.06. The second-order valence-corrected chi connectivity index (χ2v) is 2.93. The van der Waals surface area contributed by atoms with Crippen molar-refractivity contribution < 1.29 is 0 Å². The Hall–Kier alpha value is -0.0800. The van der Waals surface area contributed by atoms with Crippen LogP contribution in [0.3, 0.4) is 0 Å². The molecule has 1 rings (SSSR count). The van der Waals surface area contributed by atoms with Gasteiger partial charge in [-0.05, 0) is 18.9 Å². The van der Waals surface area contributed by atoms with E-state index >= 15 is 0 Å². The summed E-state index contributed by atoms with van der Waals surface area (Å²) in [5.41, 5.74) is 5.74. The summed E-state index contributed by atoms with van der Waals surface area (Å²) in [5.74, 6) is 0.828. The predicted octanol–water partition coefficient (Wildman–Crippen LogP) is 0.333. The molecule has 0 aromatic rings. The van der Waals surface area contributed by atoms with Crippen molar-refractivity contribution in [2.45, 2.75) is 25.8 Å². The SMILES string of the molecule is CCC1CNCC(N)C1. The van der Waals surface area contributed by atoms with Gasteiger partial charge in [0.1, 0.15) is 0 Å². The van der Waals surface area contributed by atoms with Crippen molar-refractivity contribution in [1.29, 1.82) is 0 Å². The summed E-state index contributed by atoms with van der Waals surface area (Å²) in [4.78, 5) is 0. The van der Waals surface area contributed by atoms with Crippen LogP contribution >= 0.6 is 0 Å². The van der Waals surface area contributed by atoms with Gasteiger partial charge in [0, 0.05) is 12.6 Å². The smallest absolute Gasteiger partial charge is 0.0168 e. The van der Waals surface area contributed by atoms with Crippen LogP contribution in [0.2, 0.25) is 0 Å². The maximum Gasteiger partial charge on any atom is 0.0168 e. The van der Waals surface area contributed by atoms with Gasteiger partial charge in [-0.1, -0.05) is 13.3 Å². The molecule has 0 aromatic carbocycles. The van der Waals surface area contributed by atoms with Crippen molar-refractivity contribution in [2.75, 3.05) is 13.1 Å². The number of piperidine rings is 1. The van der Waals surface area contributed by atoms with E-state index in [0.29, 0.717) is 6.04 Å². The highest BCUT2D eigenvalue weighted by molar-refractivity contribution is 4.76. The minimum Gasteiger partial charge on any atom is -0.327 e. The normalized spacial score (nSPS) is 36.7. The van der Waals surface area contributed by atoms with Crippen molar-refractivity contribution >= 4 is 0 Å². The molecule has 0 amide bonds. The molecule has 1 aliphatic heterocycles. The van der Waals surface area contributed by atoms with E-state index in [4.69, 9.17) is 5.73 Å². The highest BCUT2D eigenvalue weighted by Crippen LogP contribution is 2.11.